The SMILES string of the molecule is CN(Cc1ccncc1)S(=O)(=O)c1ccc(N)cc1Br. The van der Waals surface area contributed by atoms with E-state index < -0.39 is 10.0 Å². The lowest BCUT2D eigenvalue weighted by molar-refractivity contribution is 0.466. The first kappa shape index (κ1) is 15.0. The largest absolute Gasteiger partial charge is 0.399 e. The molecule has 0 atom stereocenters. The number of halogens is 1. The Kier molecular flexibility index (Phi) is 4.42. The highest BCUT2D eigenvalue weighted by Crippen LogP contribution is 2.27. The number of pyridine rings is 1. The molecule has 1 aromatic heterocycles. The average Bonchev–Trinajstić information content (AvgIpc) is 2.39. The van der Waals surface area contributed by atoms with Crippen molar-refractivity contribution in [3.05, 3.63) is 52.8 Å². The first-order chi connectivity index (χ1) is 9.41. The fourth-order valence-corrected chi connectivity index (χ4v) is 3.93. The Labute approximate surface area is 126 Å². The number of rotatable bonds is 4. The predicted molar refractivity (Wildman–Crippen MR) is 81.4 cm³/mol. The zero-order chi connectivity index (χ0) is 14.8. The molecule has 106 valence electrons. The Hall–Kier alpha value is -1.44. The Balaban J connectivity index is 2.30. The molecule has 0 amide bonds. The van der Waals surface area contributed by atoms with E-state index in [1.807, 2.05) is 0 Å². The third-order valence-corrected chi connectivity index (χ3v) is 5.58. The van der Waals surface area contributed by atoms with Gasteiger partial charge in [-0.25, -0.2) is 8.42 Å². The molecule has 20 heavy (non-hydrogen) atoms. The van der Waals surface area contributed by atoms with E-state index in [-0.39, 0.29) is 11.4 Å². The van der Waals surface area contributed by atoms with Gasteiger partial charge in [0.2, 0.25) is 10.0 Å². The van der Waals surface area contributed by atoms with Gasteiger partial charge in [0.25, 0.3) is 0 Å². The smallest absolute Gasteiger partial charge is 0.244 e. The summed E-state index contributed by atoms with van der Waals surface area (Å²) in [7, 11) is -2.03. The van der Waals surface area contributed by atoms with Crippen LogP contribution in [0.4, 0.5) is 5.69 Å². The Morgan fingerprint density at radius 2 is 1.90 bits per heavy atom. The number of nitrogens with two attached hydrogens (primary N) is 1. The quantitative estimate of drug-likeness (QED) is 0.853. The number of hydrogen-bond donors (Lipinski definition) is 1. The van der Waals surface area contributed by atoms with Crippen molar-refractivity contribution in [2.75, 3.05) is 12.8 Å². The van der Waals surface area contributed by atoms with Crippen molar-refractivity contribution < 1.29 is 8.42 Å². The fourth-order valence-electron chi connectivity index (χ4n) is 1.72. The number of aromatic nitrogens is 1. The predicted octanol–water partition coefficient (Wildman–Crippen LogP) is 2.25. The maximum absolute atomic E-state index is 12.5. The van der Waals surface area contributed by atoms with Crippen LogP contribution in [0, 0.1) is 0 Å². The molecule has 0 unspecified atom stereocenters. The lowest BCUT2D eigenvalue weighted by atomic mass is 10.3. The first-order valence-electron chi connectivity index (χ1n) is 5.81. The molecule has 5 nitrogen and oxygen atoms in total. The summed E-state index contributed by atoms with van der Waals surface area (Å²) in [6, 6.07) is 8.21. The van der Waals surface area contributed by atoms with E-state index in [1.54, 1.807) is 43.7 Å². The van der Waals surface area contributed by atoms with Crippen LogP contribution in [0.2, 0.25) is 0 Å². The van der Waals surface area contributed by atoms with Crippen LogP contribution >= 0.6 is 15.9 Å². The molecule has 0 aliphatic heterocycles. The standard InChI is InChI=1S/C13H14BrN3O2S/c1-17(9-10-4-6-16-7-5-10)20(18,19)13-3-2-11(15)8-12(13)14/h2-8H,9,15H2,1H3. The second kappa shape index (κ2) is 5.90. The van der Waals surface area contributed by atoms with Crippen LogP contribution < -0.4 is 5.73 Å². The van der Waals surface area contributed by atoms with Gasteiger partial charge in [-0.1, -0.05) is 0 Å². The van der Waals surface area contributed by atoms with Crippen LogP contribution in [-0.2, 0) is 16.6 Å². The van der Waals surface area contributed by atoms with Crippen molar-refractivity contribution >= 4 is 31.6 Å². The molecule has 0 aliphatic carbocycles. The molecule has 2 N–H and O–H groups in total. The molecule has 0 spiro atoms. The number of anilines is 1. The van der Waals surface area contributed by atoms with Crippen molar-refractivity contribution in [3.63, 3.8) is 0 Å². The van der Waals surface area contributed by atoms with E-state index in [0.29, 0.717) is 10.2 Å². The molecule has 2 rings (SSSR count). The van der Waals surface area contributed by atoms with E-state index in [2.05, 4.69) is 20.9 Å². The minimum absolute atomic E-state index is 0.197. The lowest BCUT2D eigenvalue weighted by Crippen LogP contribution is -2.26. The zero-order valence-electron chi connectivity index (χ0n) is 10.8. The van der Waals surface area contributed by atoms with Gasteiger partial charge in [0.15, 0.2) is 0 Å². The van der Waals surface area contributed by atoms with E-state index >= 15 is 0 Å². The van der Waals surface area contributed by atoms with E-state index in [0.717, 1.165) is 5.56 Å². The summed E-state index contributed by atoms with van der Waals surface area (Å²) in [5.41, 5.74) is 7.00. The van der Waals surface area contributed by atoms with Crippen molar-refractivity contribution in [2.45, 2.75) is 11.4 Å². The molecule has 2 aromatic rings. The molecular weight excluding hydrogens is 342 g/mol. The highest BCUT2D eigenvalue weighted by atomic mass is 79.9. The van der Waals surface area contributed by atoms with Gasteiger partial charge in [0, 0.05) is 36.1 Å². The second-order valence-corrected chi connectivity index (χ2v) is 7.17. The van der Waals surface area contributed by atoms with Crippen molar-refractivity contribution in [1.82, 2.24) is 9.29 Å². The lowest BCUT2D eigenvalue weighted by Gasteiger charge is -2.18. The molecule has 0 fully saturated rings. The van der Waals surface area contributed by atoms with E-state index in [1.165, 1.54) is 10.4 Å². The minimum Gasteiger partial charge on any atom is -0.399 e. The topological polar surface area (TPSA) is 76.3 Å². The van der Waals surface area contributed by atoms with Gasteiger partial charge in [-0.05, 0) is 51.8 Å². The maximum Gasteiger partial charge on any atom is 0.244 e. The van der Waals surface area contributed by atoms with E-state index in [4.69, 9.17) is 5.73 Å². The van der Waals surface area contributed by atoms with Crippen LogP contribution in [0.25, 0.3) is 0 Å². The highest BCUT2D eigenvalue weighted by Gasteiger charge is 2.23. The summed E-state index contributed by atoms with van der Waals surface area (Å²) >= 11 is 3.24. The van der Waals surface area contributed by atoms with Gasteiger partial charge in [-0.15, -0.1) is 0 Å². The normalized spacial score (nSPS) is 11.8. The number of benzene rings is 1. The maximum atomic E-state index is 12.5. The van der Waals surface area contributed by atoms with E-state index in [9.17, 15) is 8.42 Å². The molecule has 7 heteroatoms. The van der Waals surface area contributed by atoms with Gasteiger partial charge < -0.3 is 5.73 Å². The van der Waals surface area contributed by atoms with Crippen molar-refractivity contribution in [2.24, 2.45) is 0 Å². The van der Waals surface area contributed by atoms with Crippen LogP contribution in [0.1, 0.15) is 5.56 Å². The zero-order valence-corrected chi connectivity index (χ0v) is 13.2. The van der Waals surface area contributed by atoms with Crippen molar-refractivity contribution in [1.29, 1.82) is 0 Å². The number of sulfonamides is 1. The second-order valence-electron chi connectivity index (χ2n) is 4.31. The number of nitrogens with zero attached hydrogens (tertiary/aromatic N) is 2. The Morgan fingerprint density at radius 3 is 2.50 bits per heavy atom. The Bertz CT molecular complexity index is 705. The van der Waals surface area contributed by atoms with Crippen LogP contribution in [0.3, 0.4) is 0 Å². The number of nitrogen functional groups attached to an aromatic ring is 1. The van der Waals surface area contributed by atoms with Crippen LogP contribution in [0.5, 0.6) is 0 Å². The summed E-state index contributed by atoms with van der Waals surface area (Å²) in [6.07, 6.45) is 3.27. The summed E-state index contributed by atoms with van der Waals surface area (Å²) in [6.45, 7) is 0.279. The third-order valence-electron chi connectivity index (χ3n) is 2.80. The minimum atomic E-state index is -3.57. The molecule has 0 bridgehead atoms. The van der Waals surface area contributed by atoms with Gasteiger partial charge in [0.05, 0.1) is 4.90 Å². The molecule has 0 saturated carbocycles. The Morgan fingerprint density at radius 1 is 1.25 bits per heavy atom. The molecule has 1 heterocycles. The highest BCUT2D eigenvalue weighted by molar-refractivity contribution is 9.10. The third kappa shape index (κ3) is 3.17. The van der Waals surface area contributed by atoms with Crippen LogP contribution in [0.15, 0.2) is 52.1 Å². The summed E-state index contributed by atoms with van der Waals surface area (Å²) in [4.78, 5) is 4.10. The fraction of sp³-hybridized carbons (Fsp3) is 0.154. The first-order valence-corrected chi connectivity index (χ1v) is 8.05. The number of hydrogen-bond acceptors (Lipinski definition) is 4. The van der Waals surface area contributed by atoms with Gasteiger partial charge in [0.1, 0.15) is 0 Å². The molecule has 1 aromatic carbocycles. The molecular formula is C13H14BrN3O2S. The summed E-state index contributed by atoms with van der Waals surface area (Å²) in [5.74, 6) is 0. The van der Waals surface area contributed by atoms with Crippen molar-refractivity contribution in [3.8, 4) is 0 Å². The summed E-state index contributed by atoms with van der Waals surface area (Å²) < 4.78 is 26.8. The molecule has 0 saturated heterocycles. The average molecular weight is 356 g/mol. The van der Waals surface area contributed by atoms with Crippen LogP contribution in [-0.4, -0.2) is 24.8 Å². The summed E-state index contributed by atoms with van der Waals surface area (Å²) in [5, 5.41) is 0. The molecule has 0 aliphatic rings. The molecule has 0 radical (unpaired) electrons. The van der Waals surface area contributed by atoms with Gasteiger partial charge in [-0.3, -0.25) is 4.98 Å². The monoisotopic (exact) mass is 355 g/mol. The van der Waals surface area contributed by atoms with Gasteiger partial charge in [-0.2, -0.15) is 4.31 Å². The van der Waals surface area contributed by atoms with Gasteiger partial charge >= 0.3 is 0 Å².